The first-order chi connectivity index (χ1) is 9.97. The van der Waals surface area contributed by atoms with Gasteiger partial charge in [-0.1, -0.05) is 18.2 Å². The van der Waals surface area contributed by atoms with E-state index in [0.717, 1.165) is 5.56 Å². The van der Waals surface area contributed by atoms with Gasteiger partial charge in [0.05, 0.1) is 16.9 Å². The smallest absolute Gasteiger partial charge is 0.337 e. The molecule has 0 atom stereocenters. The number of urea groups is 1. The number of benzene rings is 2. The van der Waals surface area contributed by atoms with Crippen LogP contribution in [-0.2, 0) is 0 Å². The molecule has 0 bridgehead atoms. The van der Waals surface area contributed by atoms with E-state index in [-0.39, 0.29) is 16.9 Å². The number of aryl methyl sites for hydroxylation is 1. The van der Waals surface area contributed by atoms with Crippen molar-refractivity contribution in [3.63, 3.8) is 0 Å². The molecule has 108 valence electrons. The highest BCUT2D eigenvalue weighted by Gasteiger charge is 2.12. The summed E-state index contributed by atoms with van der Waals surface area (Å²) in [4.78, 5) is 22.8. The van der Waals surface area contributed by atoms with Crippen molar-refractivity contribution in [1.82, 2.24) is 0 Å². The Morgan fingerprint density at radius 1 is 1.05 bits per heavy atom. The molecule has 2 rings (SSSR count). The predicted molar refractivity (Wildman–Crippen MR) is 77.2 cm³/mol. The summed E-state index contributed by atoms with van der Waals surface area (Å²) in [5.74, 6) is -1.72. The Hall–Kier alpha value is -2.89. The van der Waals surface area contributed by atoms with E-state index in [1.54, 1.807) is 25.1 Å². The maximum Gasteiger partial charge on any atom is 0.337 e. The summed E-state index contributed by atoms with van der Waals surface area (Å²) < 4.78 is 13.6. The Balaban J connectivity index is 2.14. The number of hydrogen-bond donors (Lipinski definition) is 3. The summed E-state index contributed by atoms with van der Waals surface area (Å²) in [7, 11) is 0. The van der Waals surface area contributed by atoms with E-state index in [4.69, 9.17) is 5.11 Å². The van der Waals surface area contributed by atoms with Crippen LogP contribution in [0.3, 0.4) is 0 Å². The van der Waals surface area contributed by atoms with Crippen molar-refractivity contribution in [2.24, 2.45) is 0 Å². The van der Waals surface area contributed by atoms with Crippen molar-refractivity contribution in [1.29, 1.82) is 0 Å². The first kappa shape index (κ1) is 14.5. The number of anilines is 2. The molecule has 0 aliphatic heterocycles. The summed E-state index contributed by atoms with van der Waals surface area (Å²) in [6.45, 7) is 1.73. The fourth-order valence-electron chi connectivity index (χ4n) is 1.78. The van der Waals surface area contributed by atoms with E-state index in [9.17, 15) is 14.0 Å². The second-order valence-corrected chi connectivity index (χ2v) is 4.41. The van der Waals surface area contributed by atoms with Crippen LogP contribution >= 0.6 is 0 Å². The van der Waals surface area contributed by atoms with Crippen LogP contribution in [0.1, 0.15) is 15.9 Å². The second kappa shape index (κ2) is 6.04. The van der Waals surface area contributed by atoms with Gasteiger partial charge in [-0.3, -0.25) is 0 Å². The molecule has 2 amide bonds. The summed E-state index contributed by atoms with van der Waals surface area (Å²) in [6, 6.07) is 9.63. The van der Waals surface area contributed by atoms with Crippen LogP contribution in [-0.4, -0.2) is 17.1 Å². The average molecular weight is 288 g/mol. The third-order valence-electron chi connectivity index (χ3n) is 2.78. The lowest BCUT2D eigenvalue weighted by Crippen LogP contribution is -2.21. The number of carbonyl (C=O) groups is 2. The molecular formula is C15H13FN2O3. The summed E-state index contributed by atoms with van der Waals surface area (Å²) in [6.07, 6.45) is 0. The molecule has 21 heavy (non-hydrogen) atoms. The number of halogens is 1. The van der Waals surface area contributed by atoms with E-state index in [1.807, 2.05) is 0 Å². The van der Waals surface area contributed by atoms with Gasteiger partial charge in [0.25, 0.3) is 0 Å². The zero-order chi connectivity index (χ0) is 15.4. The number of carbonyl (C=O) groups excluding carboxylic acids is 1. The predicted octanol–water partition coefficient (Wildman–Crippen LogP) is 3.48. The van der Waals surface area contributed by atoms with E-state index >= 15 is 0 Å². The number of hydrogen-bond acceptors (Lipinski definition) is 2. The van der Waals surface area contributed by atoms with Crippen molar-refractivity contribution in [2.45, 2.75) is 6.92 Å². The van der Waals surface area contributed by atoms with Crippen molar-refractivity contribution < 1.29 is 19.1 Å². The minimum Gasteiger partial charge on any atom is -0.478 e. The topological polar surface area (TPSA) is 78.4 Å². The fourth-order valence-corrected chi connectivity index (χ4v) is 1.78. The lowest BCUT2D eigenvalue weighted by Gasteiger charge is -2.10. The number of carboxylic acids is 1. The quantitative estimate of drug-likeness (QED) is 0.809. The standard InChI is InChI=1S/C15H13FN2O3/c1-9-6-7-13(11(16)8-9)18-15(21)17-12-5-3-2-4-10(12)14(19)20/h2-8H,1H3,(H,19,20)(H2,17,18,21). The molecule has 6 heteroatoms. The number of nitrogens with one attached hydrogen (secondary N) is 2. The minimum atomic E-state index is -1.16. The monoisotopic (exact) mass is 288 g/mol. The lowest BCUT2D eigenvalue weighted by molar-refractivity contribution is 0.0698. The van der Waals surface area contributed by atoms with Crippen LogP contribution in [0.15, 0.2) is 42.5 Å². The molecule has 0 fully saturated rings. The van der Waals surface area contributed by atoms with Gasteiger partial charge < -0.3 is 15.7 Å². The minimum absolute atomic E-state index is 0.0194. The number of amides is 2. The van der Waals surface area contributed by atoms with Gasteiger partial charge in [0, 0.05) is 0 Å². The number of rotatable bonds is 3. The van der Waals surface area contributed by atoms with Crippen molar-refractivity contribution >= 4 is 23.4 Å². The molecule has 0 saturated heterocycles. The van der Waals surface area contributed by atoms with Gasteiger partial charge >= 0.3 is 12.0 Å². The van der Waals surface area contributed by atoms with Gasteiger partial charge in [0.15, 0.2) is 0 Å². The maximum absolute atomic E-state index is 13.6. The number of aromatic carboxylic acids is 1. The molecule has 0 radical (unpaired) electrons. The van der Waals surface area contributed by atoms with E-state index in [0.29, 0.717) is 0 Å². The first-order valence-electron chi connectivity index (χ1n) is 6.14. The largest absolute Gasteiger partial charge is 0.478 e. The first-order valence-corrected chi connectivity index (χ1v) is 6.14. The van der Waals surface area contributed by atoms with E-state index in [1.165, 1.54) is 24.3 Å². The van der Waals surface area contributed by atoms with Gasteiger partial charge in [0.2, 0.25) is 0 Å². The lowest BCUT2D eigenvalue weighted by atomic mass is 10.2. The van der Waals surface area contributed by atoms with Crippen molar-refractivity contribution in [3.8, 4) is 0 Å². The zero-order valence-corrected chi connectivity index (χ0v) is 11.2. The maximum atomic E-state index is 13.6. The van der Waals surface area contributed by atoms with Crippen LogP contribution in [0.25, 0.3) is 0 Å². The number of para-hydroxylation sites is 1. The van der Waals surface area contributed by atoms with Gasteiger partial charge in [-0.05, 0) is 36.8 Å². The molecule has 2 aromatic rings. The van der Waals surface area contributed by atoms with E-state index < -0.39 is 17.8 Å². The molecule has 0 saturated carbocycles. The van der Waals surface area contributed by atoms with Crippen LogP contribution in [0.4, 0.5) is 20.6 Å². The van der Waals surface area contributed by atoms with Crippen LogP contribution < -0.4 is 10.6 Å². The van der Waals surface area contributed by atoms with Crippen LogP contribution in [0, 0.1) is 12.7 Å². The molecule has 0 aromatic heterocycles. The second-order valence-electron chi connectivity index (χ2n) is 4.41. The molecule has 0 spiro atoms. The molecule has 3 N–H and O–H groups in total. The molecule has 5 nitrogen and oxygen atoms in total. The zero-order valence-electron chi connectivity index (χ0n) is 11.2. The third kappa shape index (κ3) is 3.56. The molecule has 0 aliphatic rings. The third-order valence-corrected chi connectivity index (χ3v) is 2.78. The Morgan fingerprint density at radius 3 is 2.38 bits per heavy atom. The van der Waals surface area contributed by atoms with Gasteiger partial charge in [-0.2, -0.15) is 0 Å². The summed E-state index contributed by atoms with van der Waals surface area (Å²) in [5.41, 5.74) is 0.840. The molecule has 0 aliphatic carbocycles. The molecular weight excluding hydrogens is 275 g/mol. The summed E-state index contributed by atoms with van der Waals surface area (Å²) >= 11 is 0. The van der Waals surface area contributed by atoms with Crippen LogP contribution in [0.5, 0.6) is 0 Å². The summed E-state index contributed by atoms with van der Waals surface area (Å²) in [5, 5.41) is 13.7. The highest BCUT2D eigenvalue weighted by atomic mass is 19.1. The van der Waals surface area contributed by atoms with E-state index in [2.05, 4.69) is 10.6 Å². The molecule has 2 aromatic carbocycles. The van der Waals surface area contributed by atoms with Gasteiger partial charge in [0.1, 0.15) is 5.82 Å². The van der Waals surface area contributed by atoms with Crippen molar-refractivity contribution in [2.75, 3.05) is 10.6 Å². The van der Waals surface area contributed by atoms with Gasteiger partial charge in [-0.25, -0.2) is 14.0 Å². The Morgan fingerprint density at radius 2 is 1.71 bits per heavy atom. The fraction of sp³-hybridized carbons (Fsp3) is 0.0667. The molecule has 0 heterocycles. The Labute approximate surface area is 120 Å². The van der Waals surface area contributed by atoms with Crippen molar-refractivity contribution in [3.05, 3.63) is 59.4 Å². The number of carboxylic acid groups (broad SMARTS) is 1. The van der Waals surface area contributed by atoms with Crippen LogP contribution in [0.2, 0.25) is 0 Å². The Kier molecular flexibility index (Phi) is 4.18. The SMILES string of the molecule is Cc1ccc(NC(=O)Nc2ccccc2C(=O)O)c(F)c1. The molecule has 0 unspecified atom stereocenters. The van der Waals surface area contributed by atoms with Gasteiger partial charge in [-0.15, -0.1) is 0 Å². The average Bonchev–Trinajstić information content (AvgIpc) is 2.42. The highest BCUT2D eigenvalue weighted by Crippen LogP contribution is 2.18. The Bertz CT molecular complexity index is 701. The highest BCUT2D eigenvalue weighted by molar-refractivity contribution is 6.04. The normalized spacial score (nSPS) is 10.0.